The van der Waals surface area contributed by atoms with Crippen LogP contribution < -0.4 is 11.3 Å². The van der Waals surface area contributed by atoms with Gasteiger partial charge in [0.25, 0.3) is 0 Å². The molecule has 3 heteroatoms. The molecule has 0 amide bonds. The van der Waals surface area contributed by atoms with Crippen LogP contribution in [0.4, 0.5) is 0 Å². The summed E-state index contributed by atoms with van der Waals surface area (Å²) in [6.45, 7) is 3.15. The van der Waals surface area contributed by atoms with Crippen LogP contribution in [0.2, 0.25) is 0 Å². The van der Waals surface area contributed by atoms with Crippen molar-refractivity contribution < 1.29 is 4.74 Å². The van der Waals surface area contributed by atoms with Gasteiger partial charge in [0, 0.05) is 12.6 Å². The van der Waals surface area contributed by atoms with Gasteiger partial charge in [-0.15, -0.1) is 0 Å². The van der Waals surface area contributed by atoms with E-state index in [0.717, 1.165) is 13.0 Å². The molecule has 0 bridgehead atoms. The van der Waals surface area contributed by atoms with E-state index in [9.17, 15) is 0 Å². The van der Waals surface area contributed by atoms with Gasteiger partial charge in [-0.2, -0.15) is 0 Å². The predicted molar refractivity (Wildman–Crippen MR) is 58.8 cm³/mol. The van der Waals surface area contributed by atoms with Crippen LogP contribution in [-0.2, 0) is 4.74 Å². The first kappa shape index (κ1) is 12.0. The Hall–Kier alpha value is -0.120. The lowest BCUT2D eigenvalue weighted by Crippen LogP contribution is -2.39. The van der Waals surface area contributed by atoms with Crippen molar-refractivity contribution in [2.45, 2.75) is 64.0 Å². The van der Waals surface area contributed by atoms with Crippen molar-refractivity contribution in [2.24, 2.45) is 5.84 Å². The summed E-state index contributed by atoms with van der Waals surface area (Å²) in [6, 6.07) is 0.443. The first-order chi connectivity index (χ1) is 6.86. The number of nitrogens with two attached hydrogens (primary N) is 1. The second kappa shape index (κ2) is 7.21. The molecule has 84 valence electrons. The van der Waals surface area contributed by atoms with Crippen LogP contribution in [0.25, 0.3) is 0 Å². The van der Waals surface area contributed by atoms with Gasteiger partial charge in [0.2, 0.25) is 0 Å². The molecule has 0 aromatic carbocycles. The topological polar surface area (TPSA) is 47.3 Å². The third-order valence-electron chi connectivity index (χ3n) is 2.96. The minimum Gasteiger partial charge on any atom is -0.378 e. The standard InChI is InChI=1S/C11H24N2O/c1-2-3-6-10(13-12)9-11-7-4-5-8-14-11/h10-11,13H,2-9,12H2,1H3. The van der Waals surface area contributed by atoms with Gasteiger partial charge in [0.05, 0.1) is 6.10 Å². The minimum atomic E-state index is 0.443. The van der Waals surface area contributed by atoms with E-state index < -0.39 is 0 Å². The maximum absolute atomic E-state index is 5.69. The molecule has 0 radical (unpaired) electrons. The Morgan fingerprint density at radius 1 is 1.50 bits per heavy atom. The van der Waals surface area contributed by atoms with Gasteiger partial charge in [-0.3, -0.25) is 11.3 Å². The summed E-state index contributed by atoms with van der Waals surface area (Å²) < 4.78 is 5.69. The van der Waals surface area contributed by atoms with Crippen molar-refractivity contribution >= 4 is 0 Å². The van der Waals surface area contributed by atoms with Crippen molar-refractivity contribution in [3.63, 3.8) is 0 Å². The number of ether oxygens (including phenoxy) is 1. The highest BCUT2D eigenvalue weighted by molar-refractivity contribution is 4.72. The fourth-order valence-corrected chi connectivity index (χ4v) is 2.03. The van der Waals surface area contributed by atoms with E-state index >= 15 is 0 Å². The molecule has 3 N–H and O–H groups in total. The van der Waals surface area contributed by atoms with Crippen LogP contribution in [0.15, 0.2) is 0 Å². The zero-order valence-corrected chi connectivity index (χ0v) is 9.30. The molecule has 1 heterocycles. The van der Waals surface area contributed by atoms with Crippen LogP contribution in [0.1, 0.15) is 51.9 Å². The molecule has 0 spiro atoms. The smallest absolute Gasteiger partial charge is 0.0590 e. The van der Waals surface area contributed by atoms with E-state index in [1.54, 1.807) is 0 Å². The lowest BCUT2D eigenvalue weighted by atomic mass is 9.99. The molecule has 1 fully saturated rings. The Balaban J connectivity index is 2.16. The van der Waals surface area contributed by atoms with Crippen molar-refractivity contribution in [3.05, 3.63) is 0 Å². The van der Waals surface area contributed by atoms with Crippen LogP contribution in [0, 0.1) is 0 Å². The molecule has 2 atom stereocenters. The SMILES string of the molecule is CCCCC(CC1CCCCO1)NN. The monoisotopic (exact) mass is 200 g/mol. The highest BCUT2D eigenvalue weighted by Gasteiger charge is 2.18. The van der Waals surface area contributed by atoms with Gasteiger partial charge in [-0.25, -0.2) is 0 Å². The number of nitrogens with one attached hydrogen (secondary N) is 1. The molecular weight excluding hydrogens is 176 g/mol. The summed E-state index contributed by atoms with van der Waals surface area (Å²) in [5.41, 5.74) is 2.90. The first-order valence-corrected chi connectivity index (χ1v) is 5.94. The summed E-state index contributed by atoms with van der Waals surface area (Å²) in [6.07, 6.45) is 8.95. The fourth-order valence-electron chi connectivity index (χ4n) is 2.03. The number of unbranched alkanes of at least 4 members (excludes halogenated alkanes) is 1. The number of hydrogen-bond acceptors (Lipinski definition) is 3. The van der Waals surface area contributed by atoms with E-state index in [-0.39, 0.29) is 0 Å². The Labute approximate surface area is 87.4 Å². The number of rotatable bonds is 6. The Bertz CT molecular complexity index is 135. The average Bonchev–Trinajstić information content (AvgIpc) is 2.25. The van der Waals surface area contributed by atoms with Gasteiger partial charge >= 0.3 is 0 Å². The van der Waals surface area contributed by atoms with E-state index in [1.807, 2.05) is 0 Å². The van der Waals surface area contributed by atoms with E-state index in [2.05, 4.69) is 12.3 Å². The van der Waals surface area contributed by atoms with Gasteiger partial charge in [0.15, 0.2) is 0 Å². The molecule has 3 nitrogen and oxygen atoms in total. The summed E-state index contributed by atoms with van der Waals surface area (Å²) in [5.74, 6) is 5.53. The molecule has 0 aromatic rings. The fraction of sp³-hybridized carbons (Fsp3) is 1.00. The zero-order chi connectivity index (χ0) is 10.2. The maximum atomic E-state index is 5.69. The Morgan fingerprint density at radius 3 is 2.93 bits per heavy atom. The quantitative estimate of drug-likeness (QED) is 0.509. The van der Waals surface area contributed by atoms with Crippen LogP contribution in [0.3, 0.4) is 0 Å². The minimum absolute atomic E-state index is 0.443. The molecular formula is C11H24N2O. The second-order valence-electron chi connectivity index (χ2n) is 4.23. The average molecular weight is 200 g/mol. The number of hydrazine groups is 1. The third-order valence-corrected chi connectivity index (χ3v) is 2.96. The van der Waals surface area contributed by atoms with Crippen LogP contribution in [-0.4, -0.2) is 18.8 Å². The van der Waals surface area contributed by atoms with Crippen molar-refractivity contribution in [1.82, 2.24) is 5.43 Å². The third kappa shape index (κ3) is 4.40. The zero-order valence-electron chi connectivity index (χ0n) is 9.30. The Morgan fingerprint density at radius 2 is 2.36 bits per heavy atom. The summed E-state index contributed by atoms with van der Waals surface area (Å²) in [4.78, 5) is 0. The van der Waals surface area contributed by atoms with E-state index in [4.69, 9.17) is 10.6 Å². The lowest BCUT2D eigenvalue weighted by molar-refractivity contribution is 0.00458. The predicted octanol–water partition coefficient (Wildman–Crippen LogP) is 1.97. The normalized spacial score (nSPS) is 24.9. The first-order valence-electron chi connectivity index (χ1n) is 5.94. The highest BCUT2D eigenvalue weighted by Crippen LogP contribution is 2.18. The van der Waals surface area contributed by atoms with Crippen LogP contribution in [0.5, 0.6) is 0 Å². The lowest BCUT2D eigenvalue weighted by Gasteiger charge is -2.26. The van der Waals surface area contributed by atoms with Crippen molar-refractivity contribution in [2.75, 3.05) is 6.61 Å². The highest BCUT2D eigenvalue weighted by atomic mass is 16.5. The molecule has 1 saturated heterocycles. The number of hydrogen-bond donors (Lipinski definition) is 2. The molecule has 14 heavy (non-hydrogen) atoms. The van der Waals surface area contributed by atoms with Gasteiger partial charge in [0.1, 0.15) is 0 Å². The van der Waals surface area contributed by atoms with Gasteiger partial charge in [-0.1, -0.05) is 19.8 Å². The maximum Gasteiger partial charge on any atom is 0.0590 e. The molecule has 1 aliphatic rings. The largest absolute Gasteiger partial charge is 0.378 e. The molecule has 1 aliphatic heterocycles. The second-order valence-corrected chi connectivity index (χ2v) is 4.23. The van der Waals surface area contributed by atoms with Gasteiger partial charge in [-0.05, 0) is 32.1 Å². The molecule has 0 aromatic heterocycles. The van der Waals surface area contributed by atoms with Crippen LogP contribution >= 0.6 is 0 Å². The van der Waals surface area contributed by atoms with Crippen molar-refractivity contribution in [3.8, 4) is 0 Å². The van der Waals surface area contributed by atoms with E-state index in [1.165, 1.54) is 38.5 Å². The van der Waals surface area contributed by atoms with Crippen molar-refractivity contribution in [1.29, 1.82) is 0 Å². The summed E-state index contributed by atoms with van der Waals surface area (Å²) in [7, 11) is 0. The molecule has 1 rings (SSSR count). The molecule has 0 saturated carbocycles. The molecule has 0 aliphatic carbocycles. The molecule has 2 unspecified atom stereocenters. The summed E-state index contributed by atoms with van der Waals surface area (Å²) >= 11 is 0. The van der Waals surface area contributed by atoms with Gasteiger partial charge < -0.3 is 4.74 Å². The Kier molecular flexibility index (Phi) is 6.15. The summed E-state index contributed by atoms with van der Waals surface area (Å²) in [5, 5.41) is 0. The van der Waals surface area contributed by atoms with E-state index in [0.29, 0.717) is 12.1 Å².